The van der Waals surface area contributed by atoms with E-state index < -0.39 is 0 Å². The molecule has 134 valence electrons. The number of hydrogen-bond donors (Lipinski definition) is 2. The molecular weight excluding hydrogens is 312 g/mol. The molecule has 2 unspecified atom stereocenters. The Morgan fingerprint density at radius 3 is 2.44 bits per heavy atom. The molecule has 1 aromatic rings. The third kappa shape index (κ3) is 4.94. The number of hydrogen-bond acceptors (Lipinski definition) is 2. The minimum absolute atomic E-state index is 0.0250. The Morgan fingerprint density at radius 1 is 1.04 bits per heavy atom. The predicted octanol–water partition coefficient (Wildman–Crippen LogP) is 3.88. The number of carbonyl (C=O) groups excluding carboxylic acids is 2. The highest BCUT2D eigenvalue weighted by Crippen LogP contribution is 2.39. The van der Waals surface area contributed by atoms with Gasteiger partial charge in [-0.1, -0.05) is 17.7 Å². The summed E-state index contributed by atoms with van der Waals surface area (Å²) in [6, 6.07) is 5.99. The van der Waals surface area contributed by atoms with Crippen LogP contribution >= 0.6 is 0 Å². The van der Waals surface area contributed by atoms with Crippen LogP contribution in [0.4, 0.5) is 5.69 Å². The van der Waals surface area contributed by atoms with E-state index in [-0.39, 0.29) is 23.7 Å². The molecule has 1 saturated carbocycles. The van der Waals surface area contributed by atoms with Crippen LogP contribution in [0.1, 0.15) is 49.7 Å². The van der Waals surface area contributed by atoms with Gasteiger partial charge in [-0.05, 0) is 75.6 Å². The molecule has 0 aromatic heterocycles. The topological polar surface area (TPSA) is 58.2 Å². The Labute approximate surface area is 150 Å². The number of amides is 2. The molecule has 2 N–H and O–H groups in total. The fraction of sp³-hybridized carbons (Fsp3) is 0.524. The second-order valence-corrected chi connectivity index (χ2v) is 7.46. The molecule has 0 heterocycles. The van der Waals surface area contributed by atoms with Crippen molar-refractivity contribution in [2.75, 3.05) is 11.9 Å². The van der Waals surface area contributed by atoms with Gasteiger partial charge in [-0.2, -0.15) is 0 Å². The molecule has 2 aliphatic carbocycles. The Balaban J connectivity index is 1.42. The molecule has 1 aromatic carbocycles. The highest BCUT2D eigenvalue weighted by Gasteiger charge is 2.47. The average Bonchev–Trinajstić information content (AvgIpc) is 3.35. The van der Waals surface area contributed by atoms with Crippen molar-refractivity contribution >= 4 is 17.5 Å². The Bertz CT molecular complexity index is 673. The van der Waals surface area contributed by atoms with E-state index in [9.17, 15) is 9.59 Å². The molecular formula is C21H28N2O2. The van der Waals surface area contributed by atoms with Gasteiger partial charge in [-0.3, -0.25) is 9.59 Å². The van der Waals surface area contributed by atoms with E-state index in [1.54, 1.807) is 0 Å². The van der Waals surface area contributed by atoms with Gasteiger partial charge in [-0.25, -0.2) is 0 Å². The lowest BCUT2D eigenvalue weighted by Gasteiger charge is -2.13. The zero-order valence-corrected chi connectivity index (χ0v) is 15.2. The van der Waals surface area contributed by atoms with Crippen LogP contribution in [-0.2, 0) is 9.59 Å². The first-order valence-electron chi connectivity index (χ1n) is 9.38. The van der Waals surface area contributed by atoms with E-state index in [1.807, 2.05) is 26.0 Å². The van der Waals surface area contributed by atoms with Crippen molar-refractivity contribution < 1.29 is 9.59 Å². The van der Waals surface area contributed by atoms with E-state index in [0.29, 0.717) is 13.0 Å². The van der Waals surface area contributed by atoms with Gasteiger partial charge in [0.2, 0.25) is 11.8 Å². The van der Waals surface area contributed by atoms with Crippen LogP contribution in [-0.4, -0.2) is 18.4 Å². The lowest BCUT2D eigenvalue weighted by atomic mass is 9.97. The Hall–Kier alpha value is -2.10. The van der Waals surface area contributed by atoms with Gasteiger partial charge in [0.1, 0.15) is 0 Å². The monoisotopic (exact) mass is 340 g/mol. The summed E-state index contributed by atoms with van der Waals surface area (Å²) >= 11 is 0. The zero-order chi connectivity index (χ0) is 17.8. The molecule has 0 spiro atoms. The first-order chi connectivity index (χ1) is 12.0. The van der Waals surface area contributed by atoms with Crippen LogP contribution in [0.25, 0.3) is 0 Å². The van der Waals surface area contributed by atoms with E-state index in [1.165, 1.54) is 31.3 Å². The maximum Gasteiger partial charge on any atom is 0.228 e. The molecule has 0 bridgehead atoms. The quantitative estimate of drug-likeness (QED) is 0.772. The van der Waals surface area contributed by atoms with Gasteiger partial charge in [-0.15, -0.1) is 0 Å². The van der Waals surface area contributed by atoms with Crippen molar-refractivity contribution in [3.05, 3.63) is 41.0 Å². The maximum absolute atomic E-state index is 12.3. The fourth-order valence-electron chi connectivity index (χ4n) is 3.67. The molecule has 4 heteroatoms. The number of aryl methyl sites for hydroxylation is 2. The summed E-state index contributed by atoms with van der Waals surface area (Å²) < 4.78 is 0. The highest BCUT2D eigenvalue weighted by molar-refractivity contribution is 5.99. The van der Waals surface area contributed by atoms with Crippen molar-refractivity contribution in [2.45, 2.75) is 52.4 Å². The SMILES string of the molecule is Cc1cc(C)cc(NC(=O)C2CC2C(=O)NCCC2=CCCCC2)c1. The number of anilines is 1. The zero-order valence-electron chi connectivity index (χ0n) is 15.2. The lowest BCUT2D eigenvalue weighted by Crippen LogP contribution is -2.28. The van der Waals surface area contributed by atoms with Crippen LogP contribution in [0, 0.1) is 25.7 Å². The summed E-state index contributed by atoms with van der Waals surface area (Å²) in [5.41, 5.74) is 4.53. The van der Waals surface area contributed by atoms with Crippen molar-refractivity contribution in [1.82, 2.24) is 5.32 Å². The lowest BCUT2D eigenvalue weighted by molar-refractivity contribution is -0.125. The standard InChI is InChI=1S/C21H28N2O2/c1-14-10-15(2)12-17(11-14)23-21(25)19-13-18(19)20(24)22-9-8-16-6-4-3-5-7-16/h6,10-12,18-19H,3-5,7-9,13H2,1-2H3,(H,22,24)(H,23,25). The van der Waals surface area contributed by atoms with Gasteiger partial charge >= 0.3 is 0 Å². The normalized spacial score (nSPS) is 22.1. The minimum atomic E-state index is -0.185. The molecule has 4 nitrogen and oxygen atoms in total. The van der Waals surface area contributed by atoms with Crippen LogP contribution < -0.4 is 10.6 Å². The van der Waals surface area contributed by atoms with Crippen LogP contribution in [0.2, 0.25) is 0 Å². The summed E-state index contributed by atoms with van der Waals surface area (Å²) in [7, 11) is 0. The van der Waals surface area contributed by atoms with E-state index in [2.05, 4.69) is 22.8 Å². The maximum atomic E-state index is 12.3. The van der Waals surface area contributed by atoms with Gasteiger partial charge in [0.25, 0.3) is 0 Å². The fourth-order valence-corrected chi connectivity index (χ4v) is 3.67. The Morgan fingerprint density at radius 2 is 1.76 bits per heavy atom. The van der Waals surface area contributed by atoms with Gasteiger partial charge < -0.3 is 10.6 Å². The summed E-state index contributed by atoms with van der Waals surface area (Å²) in [6.07, 6.45) is 8.81. The molecule has 0 aliphatic heterocycles. The first-order valence-corrected chi connectivity index (χ1v) is 9.38. The smallest absolute Gasteiger partial charge is 0.228 e. The minimum Gasteiger partial charge on any atom is -0.356 e. The number of rotatable bonds is 6. The number of nitrogens with one attached hydrogen (secondary N) is 2. The molecule has 3 rings (SSSR count). The summed E-state index contributed by atoms with van der Waals surface area (Å²) in [6.45, 7) is 4.71. The van der Waals surface area contributed by atoms with E-state index in [4.69, 9.17) is 0 Å². The molecule has 2 amide bonds. The van der Waals surface area contributed by atoms with Crippen molar-refractivity contribution in [3.8, 4) is 0 Å². The third-order valence-corrected chi connectivity index (χ3v) is 5.08. The second kappa shape index (κ2) is 7.85. The van der Waals surface area contributed by atoms with Crippen molar-refractivity contribution in [1.29, 1.82) is 0 Å². The van der Waals surface area contributed by atoms with Gasteiger partial charge in [0.15, 0.2) is 0 Å². The first kappa shape index (κ1) is 17.7. The molecule has 1 fully saturated rings. The number of allylic oxidation sites excluding steroid dienone is 1. The second-order valence-electron chi connectivity index (χ2n) is 7.46. The third-order valence-electron chi connectivity index (χ3n) is 5.08. The predicted molar refractivity (Wildman–Crippen MR) is 100 cm³/mol. The van der Waals surface area contributed by atoms with E-state index >= 15 is 0 Å². The Kier molecular flexibility index (Phi) is 5.57. The largest absolute Gasteiger partial charge is 0.356 e. The highest BCUT2D eigenvalue weighted by atomic mass is 16.2. The van der Waals surface area contributed by atoms with Crippen LogP contribution in [0.15, 0.2) is 29.8 Å². The summed E-state index contributed by atoms with van der Waals surface area (Å²) in [5, 5.41) is 5.95. The van der Waals surface area contributed by atoms with Crippen molar-refractivity contribution in [2.24, 2.45) is 11.8 Å². The summed E-state index contributed by atoms with van der Waals surface area (Å²) in [4.78, 5) is 24.5. The van der Waals surface area contributed by atoms with Crippen molar-refractivity contribution in [3.63, 3.8) is 0 Å². The summed E-state index contributed by atoms with van der Waals surface area (Å²) in [5.74, 6) is -0.363. The van der Waals surface area contributed by atoms with Crippen LogP contribution in [0.3, 0.4) is 0 Å². The molecule has 2 aliphatic rings. The van der Waals surface area contributed by atoms with Gasteiger partial charge in [0.05, 0.1) is 11.8 Å². The molecule has 2 atom stereocenters. The average molecular weight is 340 g/mol. The number of benzene rings is 1. The number of carbonyl (C=O) groups is 2. The molecule has 25 heavy (non-hydrogen) atoms. The molecule has 0 saturated heterocycles. The van der Waals surface area contributed by atoms with E-state index in [0.717, 1.165) is 23.2 Å². The van der Waals surface area contributed by atoms with Crippen LogP contribution in [0.5, 0.6) is 0 Å². The van der Waals surface area contributed by atoms with Gasteiger partial charge in [0, 0.05) is 12.2 Å². The molecule has 0 radical (unpaired) electrons.